The molecule has 5 nitrogen and oxygen atoms in total. The standard InChI is InChI=1S/C19H26N2O3/c1-20(16-7-5-3-2-4-6-8-16)18(22)15-9-11-17(12-10-15)21-13-14-24-19(21)23/h9-12,16H,2-8,13-14H2,1H3. The van der Waals surface area contributed by atoms with Crippen molar-refractivity contribution < 1.29 is 14.3 Å². The number of nitrogens with zero attached hydrogens (tertiary/aromatic N) is 2. The summed E-state index contributed by atoms with van der Waals surface area (Å²) in [6.07, 6.45) is 8.17. The van der Waals surface area contributed by atoms with Crippen LogP contribution in [0.4, 0.5) is 10.5 Å². The smallest absolute Gasteiger partial charge is 0.414 e. The summed E-state index contributed by atoms with van der Waals surface area (Å²) in [5, 5.41) is 0. The minimum Gasteiger partial charge on any atom is -0.447 e. The summed E-state index contributed by atoms with van der Waals surface area (Å²) in [5.41, 5.74) is 1.46. The predicted molar refractivity (Wildman–Crippen MR) is 93.3 cm³/mol. The first-order valence-electron chi connectivity index (χ1n) is 8.98. The van der Waals surface area contributed by atoms with Gasteiger partial charge in [0.25, 0.3) is 5.91 Å². The first-order chi connectivity index (χ1) is 11.7. The molecule has 1 aliphatic heterocycles. The van der Waals surface area contributed by atoms with Crippen molar-refractivity contribution in [2.24, 2.45) is 0 Å². The summed E-state index contributed by atoms with van der Waals surface area (Å²) in [7, 11) is 1.92. The third kappa shape index (κ3) is 3.71. The molecule has 0 spiro atoms. The molecule has 5 heteroatoms. The lowest BCUT2D eigenvalue weighted by molar-refractivity contribution is 0.0707. The van der Waals surface area contributed by atoms with E-state index in [4.69, 9.17) is 4.74 Å². The van der Waals surface area contributed by atoms with Crippen molar-refractivity contribution in [2.75, 3.05) is 25.1 Å². The van der Waals surface area contributed by atoms with Gasteiger partial charge in [-0.2, -0.15) is 0 Å². The Balaban J connectivity index is 1.66. The zero-order valence-corrected chi connectivity index (χ0v) is 14.4. The number of amides is 2. The zero-order valence-electron chi connectivity index (χ0n) is 14.4. The Morgan fingerprint density at radius 2 is 1.71 bits per heavy atom. The van der Waals surface area contributed by atoms with Crippen molar-refractivity contribution in [2.45, 2.75) is 51.0 Å². The number of benzene rings is 1. The largest absolute Gasteiger partial charge is 0.447 e. The van der Waals surface area contributed by atoms with Crippen LogP contribution in [0, 0.1) is 0 Å². The highest BCUT2D eigenvalue weighted by molar-refractivity contribution is 5.95. The molecule has 1 saturated carbocycles. The maximum Gasteiger partial charge on any atom is 0.414 e. The van der Waals surface area contributed by atoms with E-state index in [1.54, 1.807) is 4.90 Å². The van der Waals surface area contributed by atoms with Gasteiger partial charge >= 0.3 is 6.09 Å². The molecule has 3 rings (SSSR count). The molecule has 0 N–H and O–H groups in total. The van der Waals surface area contributed by atoms with Crippen LogP contribution in [0.25, 0.3) is 0 Å². The van der Waals surface area contributed by atoms with Gasteiger partial charge in [0.2, 0.25) is 0 Å². The van der Waals surface area contributed by atoms with Crippen molar-refractivity contribution in [1.82, 2.24) is 4.90 Å². The number of ether oxygens (including phenoxy) is 1. The lowest BCUT2D eigenvalue weighted by Gasteiger charge is -2.30. The van der Waals surface area contributed by atoms with E-state index in [2.05, 4.69) is 0 Å². The van der Waals surface area contributed by atoms with Crippen LogP contribution >= 0.6 is 0 Å². The van der Waals surface area contributed by atoms with Crippen molar-refractivity contribution in [1.29, 1.82) is 0 Å². The minimum atomic E-state index is -0.319. The van der Waals surface area contributed by atoms with Gasteiger partial charge in [0.1, 0.15) is 6.61 Å². The summed E-state index contributed by atoms with van der Waals surface area (Å²) < 4.78 is 4.95. The highest BCUT2D eigenvalue weighted by Crippen LogP contribution is 2.23. The first kappa shape index (κ1) is 16.8. The van der Waals surface area contributed by atoms with Crippen molar-refractivity contribution in [3.8, 4) is 0 Å². The highest BCUT2D eigenvalue weighted by Gasteiger charge is 2.25. The van der Waals surface area contributed by atoms with Crippen LogP contribution in [0.1, 0.15) is 55.3 Å². The fourth-order valence-corrected chi connectivity index (χ4v) is 3.60. The molecule has 2 aliphatic rings. The Hall–Kier alpha value is -2.04. The van der Waals surface area contributed by atoms with Gasteiger partial charge in [0.05, 0.1) is 6.54 Å². The van der Waals surface area contributed by atoms with Gasteiger partial charge in [-0.1, -0.05) is 32.1 Å². The van der Waals surface area contributed by atoms with E-state index >= 15 is 0 Å². The van der Waals surface area contributed by atoms with Gasteiger partial charge in [0, 0.05) is 24.3 Å². The zero-order chi connectivity index (χ0) is 16.9. The Morgan fingerprint density at radius 1 is 1.08 bits per heavy atom. The monoisotopic (exact) mass is 330 g/mol. The van der Waals surface area contributed by atoms with Crippen LogP contribution in [0.5, 0.6) is 0 Å². The predicted octanol–water partition coefficient (Wildman–Crippen LogP) is 3.83. The van der Waals surface area contributed by atoms with E-state index in [1.807, 2.05) is 36.2 Å². The van der Waals surface area contributed by atoms with E-state index in [9.17, 15) is 9.59 Å². The summed E-state index contributed by atoms with van der Waals surface area (Å²) in [5.74, 6) is 0.0659. The number of carbonyl (C=O) groups excluding carboxylic acids is 2. The molecular formula is C19H26N2O3. The molecule has 1 aromatic carbocycles. The molecule has 1 aromatic rings. The summed E-state index contributed by atoms with van der Waals surface area (Å²) in [6, 6.07) is 7.61. The number of rotatable bonds is 3. The number of hydrogen-bond acceptors (Lipinski definition) is 3. The van der Waals surface area contributed by atoms with Crippen LogP contribution in [-0.4, -0.2) is 43.1 Å². The number of carbonyl (C=O) groups is 2. The van der Waals surface area contributed by atoms with Gasteiger partial charge in [-0.05, 0) is 37.1 Å². The van der Waals surface area contributed by atoms with Crippen molar-refractivity contribution in [3.05, 3.63) is 29.8 Å². The minimum absolute atomic E-state index is 0.0659. The SMILES string of the molecule is CN(C(=O)c1ccc(N2CCOC2=O)cc1)C1CCCCCCC1. The lowest BCUT2D eigenvalue weighted by atomic mass is 9.95. The van der Waals surface area contributed by atoms with E-state index < -0.39 is 0 Å². The molecule has 0 atom stereocenters. The second kappa shape index (κ2) is 7.69. The fraction of sp³-hybridized carbons (Fsp3) is 0.579. The van der Waals surface area contributed by atoms with Gasteiger partial charge in [-0.25, -0.2) is 4.79 Å². The molecule has 0 unspecified atom stereocenters. The number of anilines is 1. The number of hydrogen-bond donors (Lipinski definition) is 0. The summed E-state index contributed by atoms with van der Waals surface area (Å²) in [6.45, 7) is 0.984. The average molecular weight is 330 g/mol. The molecule has 130 valence electrons. The maximum absolute atomic E-state index is 12.8. The lowest BCUT2D eigenvalue weighted by Crippen LogP contribution is -2.37. The summed E-state index contributed by atoms with van der Waals surface area (Å²) in [4.78, 5) is 27.9. The van der Waals surface area contributed by atoms with Crippen molar-refractivity contribution >= 4 is 17.7 Å². The van der Waals surface area contributed by atoms with Crippen LogP contribution in [0.15, 0.2) is 24.3 Å². The van der Waals surface area contributed by atoms with Gasteiger partial charge in [0.15, 0.2) is 0 Å². The van der Waals surface area contributed by atoms with Crippen LogP contribution < -0.4 is 4.90 Å². The van der Waals surface area contributed by atoms with Crippen molar-refractivity contribution in [3.63, 3.8) is 0 Å². The van der Waals surface area contributed by atoms with Gasteiger partial charge < -0.3 is 9.64 Å². The normalized spacial score (nSPS) is 19.5. The van der Waals surface area contributed by atoms with Crippen LogP contribution in [0.3, 0.4) is 0 Å². The van der Waals surface area contributed by atoms with Gasteiger partial charge in [-0.15, -0.1) is 0 Å². The Labute approximate surface area is 143 Å². The highest BCUT2D eigenvalue weighted by atomic mass is 16.6. The Bertz CT molecular complexity index is 577. The van der Waals surface area contributed by atoms with Gasteiger partial charge in [-0.3, -0.25) is 9.69 Å². The second-order valence-electron chi connectivity index (χ2n) is 6.73. The molecule has 1 saturated heterocycles. The van der Waals surface area contributed by atoms with Crippen LogP contribution in [-0.2, 0) is 4.74 Å². The quantitative estimate of drug-likeness (QED) is 0.846. The molecular weight excluding hydrogens is 304 g/mol. The molecule has 0 bridgehead atoms. The topological polar surface area (TPSA) is 49.9 Å². The molecule has 2 fully saturated rings. The van der Waals surface area contributed by atoms with Crippen LogP contribution in [0.2, 0.25) is 0 Å². The maximum atomic E-state index is 12.8. The molecule has 0 aromatic heterocycles. The average Bonchev–Trinajstić information content (AvgIpc) is 2.99. The van der Waals surface area contributed by atoms with E-state index in [0.717, 1.165) is 18.5 Å². The Morgan fingerprint density at radius 3 is 2.29 bits per heavy atom. The second-order valence-corrected chi connectivity index (χ2v) is 6.73. The molecule has 1 aliphatic carbocycles. The first-order valence-corrected chi connectivity index (χ1v) is 8.98. The third-order valence-corrected chi connectivity index (χ3v) is 5.13. The molecule has 2 amide bonds. The third-order valence-electron chi connectivity index (χ3n) is 5.13. The number of cyclic esters (lactones) is 1. The van der Waals surface area contributed by atoms with E-state index in [0.29, 0.717) is 24.8 Å². The van der Waals surface area contributed by atoms with E-state index in [1.165, 1.54) is 32.1 Å². The van der Waals surface area contributed by atoms with E-state index in [-0.39, 0.29) is 12.0 Å². The molecule has 0 radical (unpaired) electrons. The molecule has 24 heavy (non-hydrogen) atoms. The summed E-state index contributed by atoms with van der Waals surface area (Å²) >= 11 is 0. The Kier molecular flexibility index (Phi) is 5.38. The fourth-order valence-electron chi connectivity index (χ4n) is 3.60. The molecule has 1 heterocycles.